The molecule has 15 nitrogen and oxygen atoms in total. The van der Waals surface area contributed by atoms with Gasteiger partial charge in [-0.25, -0.2) is 19.1 Å². The van der Waals surface area contributed by atoms with E-state index in [0.717, 1.165) is 54.6 Å². The van der Waals surface area contributed by atoms with Crippen molar-refractivity contribution in [1.82, 2.24) is 29.6 Å². The maximum Gasteiger partial charge on any atom is 0.438 e. The van der Waals surface area contributed by atoms with Gasteiger partial charge in [0.05, 0.1) is 24.5 Å². The number of anilines is 2. The minimum Gasteiger partial charge on any atom is -0.381 e. The van der Waals surface area contributed by atoms with E-state index in [1.807, 2.05) is 66.7 Å². The third-order valence-electron chi connectivity index (χ3n) is 11.8. The first kappa shape index (κ1) is 38.2. The van der Waals surface area contributed by atoms with Crippen molar-refractivity contribution in [2.24, 2.45) is 5.92 Å². The predicted molar refractivity (Wildman–Crippen MR) is 222 cm³/mol. The summed E-state index contributed by atoms with van der Waals surface area (Å²) in [7, 11) is 1.62. The number of methoxy groups -OCH3 is 1. The van der Waals surface area contributed by atoms with Crippen LogP contribution >= 0.6 is 0 Å². The molecule has 3 aromatic carbocycles. The molecular formula is C44H48N8O7. The number of aromatic amines is 2. The highest BCUT2D eigenvalue weighted by Crippen LogP contribution is 2.44. The maximum atomic E-state index is 14.4. The molecule has 2 atom stereocenters. The number of nitrogens with zero attached hydrogens (tertiary/aromatic N) is 6. The molecule has 1 saturated carbocycles. The monoisotopic (exact) mass is 800 g/mol. The Hall–Kier alpha value is -6.32. The van der Waals surface area contributed by atoms with Crippen molar-refractivity contribution in [2.45, 2.75) is 57.6 Å². The number of hydrogen-bond acceptors (Lipinski definition) is 9. The second kappa shape index (κ2) is 16.1. The van der Waals surface area contributed by atoms with Crippen molar-refractivity contribution in [2.75, 3.05) is 49.8 Å². The number of amides is 3. The highest BCUT2D eigenvalue weighted by molar-refractivity contribution is 6.05. The standard InChI is InChI=1S/C38H38N6O5.C6H8N2O2.H2/c1-48-24-25-6-5-9-30(20-25)44-35(45)31-12-15-41(23-34(31)40-37(44)43-17-16-42(38(43)47)29-7-3-2-4-8-29)36(46)33-22-28-21-27(10-11-32(28)39-33)26-13-18-49-19-14-26;1-3-2-4(3)5-7-6(9)10-8-5;/h2-11,20-22,26,39H,12-19,23-24H2,1H3;3-4H,2H2,1H3,(H,7,8,9);1H/t;3-,4+;/m.1./s1. The zero-order valence-corrected chi connectivity index (χ0v) is 33.1. The molecule has 6 heterocycles. The van der Waals surface area contributed by atoms with Crippen LogP contribution in [-0.2, 0) is 29.0 Å². The molecule has 10 rings (SSSR count). The molecule has 0 spiro atoms. The molecule has 1 aliphatic carbocycles. The SMILES string of the molecule is COCc1cccc(-n2c(N3CCN(c4ccccc4)C3=O)nc3c(c2=O)CCN(C(=O)c2cc4cc(C5CCOCC5)ccc4[nH]2)C3)c1.C[C@@H]1C[C@@H]1c1noc(=O)[nH]1.[HH]. The van der Waals surface area contributed by atoms with Crippen LogP contribution in [0.15, 0.2) is 93.0 Å². The molecule has 3 fully saturated rings. The maximum absolute atomic E-state index is 14.4. The number of hydrogen-bond donors (Lipinski definition) is 2. The Bertz CT molecular complexity index is 2630. The molecule has 2 saturated heterocycles. The van der Waals surface area contributed by atoms with Crippen LogP contribution in [-0.4, -0.2) is 81.5 Å². The summed E-state index contributed by atoms with van der Waals surface area (Å²) in [5.41, 5.74) is 5.77. The Labute approximate surface area is 341 Å². The summed E-state index contributed by atoms with van der Waals surface area (Å²) < 4.78 is 16.8. The van der Waals surface area contributed by atoms with Crippen LogP contribution in [0.5, 0.6) is 0 Å². The number of para-hydroxylation sites is 1. The van der Waals surface area contributed by atoms with Crippen LogP contribution in [0.25, 0.3) is 16.6 Å². The summed E-state index contributed by atoms with van der Waals surface area (Å²) >= 11 is 0. The van der Waals surface area contributed by atoms with Crippen molar-refractivity contribution in [3.8, 4) is 5.69 Å². The minimum atomic E-state index is -0.450. The van der Waals surface area contributed by atoms with Gasteiger partial charge in [0.2, 0.25) is 5.95 Å². The molecule has 0 unspecified atom stereocenters. The number of H-pyrrole nitrogens is 2. The Morgan fingerprint density at radius 3 is 2.44 bits per heavy atom. The van der Waals surface area contributed by atoms with Gasteiger partial charge in [-0.05, 0) is 91.1 Å². The molecule has 0 radical (unpaired) electrons. The van der Waals surface area contributed by atoms with E-state index in [2.05, 4.69) is 38.7 Å². The van der Waals surface area contributed by atoms with Gasteiger partial charge < -0.3 is 19.4 Å². The predicted octanol–water partition coefficient (Wildman–Crippen LogP) is 6.13. The fourth-order valence-corrected chi connectivity index (χ4v) is 8.41. The van der Waals surface area contributed by atoms with Crippen molar-refractivity contribution in [1.29, 1.82) is 0 Å². The molecule has 2 N–H and O–H groups in total. The first-order valence-corrected chi connectivity index (χ1v) is 20.2. The molecule has 6 aromatic rings. The molecule has 59 heavy (non-hydrogen) atoms. The molecule has 4 aliphatic rings. The number of carbonyl (C=O) groups is 2. The topological polar surface area (TPSA) is 172 Å². The van der Waals surface area contributed by atoms with E-state index in [0.29, 0.717) is 78.9 Å². The Morgan fingerprint density at radius 1 is 0.915 bits per heavy atom. The molecule has 0 bridgehead atoms. The number of fused-ring (bicyclic) bond motifs is 2. The third-order valence-corrected chi connectivity index (χ3v) is 11.8. The van der Waals surface area contributed by atoms with E-state index < -0.39 is 5.76 Å². The van der Waals surface area contributed by atoms with Crippen LogP contribution in [0.3, 0.4) is 0 Å². The van der Waals surface area contributed by atoms with Crippen LogP contribution < -0.4 is 21.1 Å². The van der Waals surface area contributed by atoms with Gasteiger partial charge in [-0.15, -0.1) is 0 Å². The number of carbonyl (C=O) groups excluding carboxylic acids is 2. The van der Waals surface area contributed by atoms with Gasteiger partial charge in [0.1, 0.15) is 5.69 Å². The molecule has 3 aliphatic heterocycles. The summed E-state index contributed by atoms with van der Waals surface area (Å²) in [5.74, 6) is 1.89. The average molecular weight is 801 g/mol. The van der Waals surface area contributed by atoms with Crippen molar-refractivity contribution < 1.29 is 25.0 Å². The number of rotatable bonds is 8. The second-order valence-corrected chi connectivity index (χ2v) is 15.7. The van der Waals surface area contributed by atoms with Gasteiger partial charge in [-0.1, -0.05) is 48.5 Å². The highest BCUT2D eigenvalue weighted by atomic mass is 16.5. The Balaban J connectivity index is 0.000000395. The number of urea groups is 1. The lowest BCUT2D eigenvalue weighted by Gasteiger charge is -2.30. The quantitative estimate of drug-likeness (QED) is 0.184. The number of benzene rings is 3. The Kier molecular flexibility index (Phi) is 10.5. The Morgan fingerprint density at radius 2 is 1.69 bits per heavy atom. The van der Waals surface area contributed by atoms with Crippen LogP contribution in [0, 0.1) is 5.92 Å². The largest absolute Gasteiger partial charge is 0.438 e. The normalized spacial score (nSPS) is 19.2. The van der Waals surface area contributed by atoms with Crippen molar-refractivity contribution in [3.63, 3.8) is 0 Å². The van der Waals surface area contributed by atoms with E-state index in [1.54, 1.807) is 21.8 Å². The molecule has 15 heteroatoms. The summed E-state index contributed by atoms with van der Waals surface area (Å²) in [6.07, 6.45) is 3.46. The molecule has 3 aromatic heterocycles. The van der Waals surface area contributed by atoms with Gasteiger partial charge in [0.25, 0.3) is 11.5 Å². The van der Waals surface area contributed by atoms with Crippen molar-refractivity contribution >= 4 is 34.5 Å². The van der Waals surface area contributed by atoms with Crippen LogP contribution in [0.2, 0.25) is 0 Å². The van der Waals surface area contributed by atoms with Gasteiger partial charge in [-0.2, -0.15) is 0 Å². The summed E-state index contributed by atoms with van der Waals surface area (Å²) in [5, 5.41) is 4.58. The zero-order valence-electron chi connectivity index (χ0n) is 33.1. The van der Waals surface area contributed by atoms with Crippen molar-refractivity contribution in [3.05, 3.63) is 134 Å². The van der Waals surface area contributed by atoms with E-state index in [4.69, 9.17) is 14.5 Å². The number of aromatic nitrogens is 5. The van der Waals surface area contributed by atoms with E-state index in [1.165, 1.54) is 10.1 Å². The number of nitrogens with one attached hydrogen (secondary N) is 2. The summed E-state index contributed by atoms with van der Waals surface area (Å²) in [6, 6.07) is 25.0. The fourth-order valence-electron chi connectivity index (χ4n) is 8.41. The minimum absolute atomic E-state index is 0. The third kappa shape index (κ3) is 7.70. The van der Waals surface area contributed by atoms with Gasteiger partial charge in [0, 0.05) is 69.5 Å². The highest BCUT2D eigenvalue weighted by Gasteiger charge is 2.38. The number of ether oxygens (including phenoxy) is 2. The fraction of sp³-hybridized carbons (Fsp3) is 0.364. The smallest absolute Gasteiger partial charge is 0.381 e. The first-order chi connectivity index (χ1) is 28.7. The van der Waals surface area contributed by atoms with Crippen LogP contribution in [0.4, 0.5) is 16.4 Å². The molecule has 306 valence electrons. The molecule has 3 amide bonds. The zero-order chi connectivity index (χ0) is 40.6. The van der Waals surface area contributed by atoms with Crippen LogP contribution in [0.1, 0.15) is 78.1 Å². The summed E-state index contributed by atoms with van der Waals surface area (Å²) in [4.78, 5) is 68.5. The lowest BCUT2D eigenvalue weighted by molar-refractivity contribution is 0.0726. The average Bonchev–Trinajstić information content (AvgIpc) is 3.54. The lowest BCUT2D eigenvalue weighted by Crippen LogP contribution is -2.43. The van der Waals surface area contributed by atoms with E-state index in [-0.39, 0.29) is 31.4 Å². The van der Waals surface area contributed by atoms with Gasteiger partial charge in [0.15, 0.2) is 5.82 Å². The van der Waals surface area contributed by atoms with E-state index >= 15 is 0 Å². The second-order valence-electron chi connectivity index (χ2n) is 15.7. The lowest BCUT2D eigenvalue weighted by atomic mass is 9.91. The molecular weight excluding hydrogens is 753 g/mol. The van der Waals surface area contributed by atoms with Gasteiger partial charge >= 0.3 is 11.8 Å². The summed E-state index contributed by atoms with van der Waals surface area (Å²) in [6.45, 7) is 5.38. The van der Waals surface area contributed by atoms with Gasteiger partial charge in [-0.3, -0.25) is 28.9 Å². The first-order valence-electron chi connectivity index (χ1n) is 20.2. The van der Waals surface area contributed by atoms with E-state index in [9.17, 15) is 19.2 Å².